The van der Waals surface area contributed by atoms with E-state index in [-0.39, 0.29) is 0 Å². The number of amides is 1. The molecule has 0 saturated carbocycles. The van der Waals surface area contributed by atoms with Crippen molar-refractivity contribution < 1.29 is 13.2 Å². The van der Waals surface area contributed by atoms with Crippen molar-refractivity contribution in [3.63, 3.8) is 0 Å². The number of aryl methyl sites for hydroxylation is 2. The highest BCUT2D eigenvalue weighted by Crippen LogP contribution is 2.24. The summed E-state index contributed by atoms with van der Waals surface area (Å²) in [7, 11) is -3.65. The summed E-state index contributed by atoms with van der Waals surface area (Å²) in [5.41, 5.74) is 3.17. The second-order valence-corrected chi connectivity index (χ2v) is 8.30. The molecule has 2 aromatic carbocycles. The summed E-state index contributed by atoms with van der Waals surface area (Å²) in [5, 5.41) is 3.26. The van der Waals surface area contributed by atoms with E-state index in [0.29, 0.717) is 16.4 Å². The lowest BCUT2D eigenvalue weighted by atomic mass is 10.1. The predicted octanol–water partition coefficient (Wildman–Crippen LogP) is 3.75. The molecule has 0 aliphatic carbocycles. The average molecular weight is 381 g/mol. The average Bonchev–Trinajstić information content (AvgIpc) is 2.51. The highest BCUT2D eigenvalue weighted by atomic mass is 35.5. The molecule has 0 fully saturated rings. The largest absolute Gasteiger partial charge is 0.324 e. The Morgan fingerprint density at radius 3 is 2.20 bits per heavy atom. The van der Waals surface area contributed by atoms with Gasteiger partial charge in [0.2, 0.25) is 15.9 Å². The third-order valence-electron chi connectivity index (χ3n) is 3.94. The van der Waals surface area contributed by atoms with Gasteiger partial charge in [0.1, 0.15) is 6.04 Å². The zero-order valence-electron chi connectivity index (χ0n) is 14.6. The van der Waals surface area contributed by atoms with Crippen LogP contribution < -0.4 is 9.62 Å². The van der Waals surface area contributed by atoms with Crippen molar-refractivity contribution in [2.45, 2.75) is 26.8 Å². The Morgan fingerprint density at radius 1 is 1.08 bits per heavy atom. The Bertz CT molecular complexity index is 880. The molecular weight excluding hydrogens is 360 g/mol. The number of carbonyl (C=O) groups is 1. The molecule has 25 heavy (non-hydrogen) atoms. The number of hydrogen-bond acceptors (Lipinski definition) is 3. The molecule has 0 saturated heterocycles. The Balaban J connectivity index is 2.29. The van der Waals surface area contributed by atoms with E-state index in [4.69, 9.17) is 11.6 Å². The van der Waals surface area contributed by atoms with Gasteiger partial charge < -0.3 is 5.32 Å². The van der Waals surface area contributed by atoms with E-state index in [1.165, 1.54) is 0 Å². The SMILES string of the molecule is Cc1ccc(NC(=O)C(C)N(c2ccc(Cl)cc2)S(C)(=O)=O)cc1C. The van der Waals surface area contributed by atoms with Gasteiger partial charge in [-0.05, 0) is 68.3 Å². The van der Waals surface area contributed by atoms with Gasteiger partial charge in [0.25, 0.3) is 0 Å². The van der Waals surface area contributed by atoms with Crippen LogP contribution in [-0.4, -0.2) is 26.6 Å². The number of hydrogen-bond donors (Lipinski definition) is 1. The minimum atomic E-state index is -3.65. The van der Waals surface area contributed by atoms with Crippen molar-refractivity contribution >= 4 is 38.9 Å². The summed E-state index contributed by atoms with van der Waals surface area (Å²) in [6, 6.07) is 11.0. The highest BCUT2D eigenvalue weighted by Gasteiger charge is 2.29. The molecule has 0 aromatic heterocycles. The Kier molecular flexibility index (Phi) is 5.75. The van der Waals surface area contributed by atoms with Crippen LogP contribution >= 0.6 is 11.6 Å². The summed E-state index contributed by atoms with van der Waals surface area (Å²) in [6.07, 6.45) is 1.07. The highest BCUT2D eigenvalue weighted by molar-refractivity contribution is 7.92. The summed E-state index contributed by atoms with van der Waals surface area (Å²) >= 11 is 5.86. The summed E-state index contributed by atoms with van der Waals surface area (Å²) in [6.45, 7) is 5.48. The fourth-order valence-corrected chi connectivity index (χ4v) is 3.76. The first-order valence-electron chi connectivity index (χ1n) is 7.72. The maximum absolute atomic E-state index is 12.6. The van der Waals surface area contributed by atoms with Crippen LogP contribution in [0.4, 0.5) is 11.4 Å². The van der Waals surface area contributed by atoms with Crippen molar-refractivity contribution in [1.82, 2.24) is 0 Å². The van der Waals surface area contributed by atoms with Gasteiger partial charge in [0.15, 0.2) is 0 Å². The maximum Gasteiger partial charge on any atom is 0.247 e. The molecule has 2 rings (SSSR count). The van der Waals surface area contributed by atoms with Crippen LogP contribution in [0, 0.1) is 13.8 Å². The van der Waals surface area contributed by atoms with Crippen LogP contribution in [0.15, 0.2) is 42.5 Å². The molecule has 2 aromatic rings. The number of carbonyl (C=O) groups excluding carboxylic acids is 1. The normalized spacial score (nSPS) is 12.5. The lowest BCUT2D eigenvalue weighted by molar-refractivity contribution is -0.116. The molecule has 1 atom stereocenters. The smallest absolute Gasteiger partial charge is 0.247 e. The lowest BCUT2D eigenvalue weighted by Crippen LogP contribution is -2.45. The predicted molar refractivity (Wildman–Crippen MR) is 103 cm³/mol. The van der Waals surface area contributed by atoms with Gasteiger partial charge in [-0.1, -0.05) is 17.7 Å². The van der Waals surface area contributed by atoms with E-state index in [9.17, 15) is 13.2 Å². The molecule has 0 aliphatic heterocycles. The second-order valence-electron chi connectivity index (χ2n) is 6.00. The van der Waals surface area contributed by atoms with Crippen molar-refractivity contribution in [1.29, 1.82) is 0 Å². The Labute approximate surface area is 153 Å². The van der Waals surface area contributed by atoms with Gasteiger partial charge in [0.05, 0.1) is 11.9 Å². The van der Waals surface area contributed by atoms with Crippen molar-refractivity contribution in [2.75, 3.05) is 15.9 Å². The van der Waals surface area contributed by atoms with E-state index in [0.717, 1.165) is 21.7 Å². The minimum absolute atomic E-state index is 0.384. The van der Waals surface area contributed by atoms with Crippen molar-refractivity contribution in [3.05, 3.63) is 58.6 Å². The molecule has 134 valence electrons. The van der Waals surface area contributed by atoms with E-state index >= 15 is 0 Å². The van der Waals surface area contributed by atoms with Crippen LogP contribution in [0.25, 0.3) is 0 Å². The summed E-state index contributed by atoms with van der Waals surface area (Å²) in [4.78, 5) is 12.6. The number of anilines is 2. The first-order valence-corrected chi connectivity index (χ1v) is 9.95. The fourth-order valence-electron chi connectivity index (χ4n) is 2.46. The van der Waals surface area contributed by atoms with Crippen molar-refractivity contribution in [3.8, 4) is 0 Å². The molecule has 1 amide bonds. The van der Waals surface area contributed by atoms with Crippen LogP contribution in [0.3, 0.4) is 0 Å². The minimum Gasteiger partial charge on any atom is -0.324 e. The first-order chi connectivity index (χ1) is 11.6. The molecule has 5 nitrogen and oxygen atoms in total. The van der Waals surface area contributed by atoms with Crippen LogP contribution in [0.1, 0.15) is 18.1 Å². The van der Waals surface area contributed by atoms with Gasteiger partial charge in [-0.15, -0.1) is 0 Å². The van der Waals surface area contributed by atoms with E-state index in [2.05, 4.69) is 5.32 Å². The summed E-state index contributed by atoms with van der Waals surface area (Å²) in [5.74, 6) is -0.413. The van der Waals surface area contributed by atoms with Crippen LogP contribution in [0.2, 0.25) is 5.02 Å². The quantitative estimate of drug-likeness (QED) is 0.858. The standard InChI is InChI=1S/C18H21ClN2O3S/c1-12-5-8-16(11-13(12)2)20-18(22)14(3)21(25(4,23)24)17-9-6-15(19)7-10-17/h5-11,14H,1-4H3,(H,20,22). The van der Waals surface area contributed by atoms with Crippen LogP contribution in [-0.2, 0) is 14.8 Å². The monoisotopic (exact) mass is 380 g/mol. The second kappa shape index (κ2) is 7.45. The van der Waals surface area contributed by atoms with Gasteiger partial charge in [0, 0.05) is 10.7 Å². The number of sulfonamides is 1. The molecule has 7 heteroatoms. The summed E-state index contributed by atoms with van der Waals surface area (Å²) < 4.78 is 25.5. The maximum atomic E-state index is 12.6. The number of nitrogens with one attached hydrogen (secondary N) is 1. The third-order valence-corrected chi connectivity index (χ3v) is 5.44. The molecule has 0 radical (unpaired) electrons. The molecule has 0 aliphatic rings. The Morgan fingerprint density at radius 2 is 1.68 bits per heavy atom. The van der Waals surface area contributed by atoms with Crippen LogP contribution in [0.5, 0.6) is 0 Å². The molecule has 0 bridgehead atoms. The Hall–Kier alpha value is -2.05. The molecule has 1 unspecified atom stereocenters. The number of benzene rings is 2. The first kappa shape index (κ1) is 19.3. The molecule has 1 N–H and O–H groups in total. The molecular formula is C18H21ClN2O3S. The number of rotatable bonds is 5. The van der Waals surface area contributed by atoms with E-state index < -0.39 is 22.0 Å². The van der Waals surface area contributed by atoms with Gasteiger partial charge >= 0.3 is 0 Å². The molecule has 0 heterocycles. The third kappa shape index (κ3) is 4.74. The fraction of sp³-hybridized carbons (Fsp3) is 0.278. The van der Waals surface area contributed by atoms with Gasteiger partial charge in [-0.2, -0.15) is 0 Å². The lowest BCUT2D eigenvalue weighted by Gasteiger charge is -2.28. The van der Waals surface area contributed by atoms with E-state index in [1.807, 2.05) is 26.0 Å². The topological polar surface area (TPSA) is 66.5 Å². The number of halogens is 1. The van der Waals surface area contributed by atoms with Crippen molar-refractivity contribution in [2.24, 2.45) is 0 Å². The number of nitrogens with zero attached hydrogens (tertiary/aromatic N) is 1. The zero-order valence-corrected chi connectivity index (χ0v) is 16.1. The zero-order chi connectivity index (χ0) is 18.8. The van der Waals surface area contributed by atoms with Gasteiger partial charge in [-0.3, -0.25) is 9.10 Å². The van der Waals surface area contributed by atoms with E-state index in [1.54, 1.807) is 37.3 Å². The molecule has 0 spiro atoms. The van der Waals surface area contributed by atoms with Gasteiger partial charge in [-0.25, -0.2) is 8.42 Å².